The lowest BCUT2D eigenvalue weighted by Crippen LogP contribution is -2.47. The van der Waals surface area contributed by atoms with Crippen LogP contribution in [0.3, 0.4) is 0 Å². The van der Waals surface area contributed by atoms with Crippen LogP contribution in [0.15, 0.2) is 18.2 Å². The number of primary amides is 1. The number of benzene rings is 1. The number of imide groups is 1. The van der Waals surface area contributed by atoms with E-state index in [9.17, 15) is 9.59 Å². The quantitative estimate of drug-likeness (QED) is 0.756. The van der Waals surface area contributed by atoms with E-state index in [0.717, 1.165) is 16.9 Å². The molecule has 1 rings (SSSR count). The highest BCUT2D eigenvalue weighted by Crippen LogP contribution is 2.26. The second kappa shape index (κ2) is 6.91. The number of hydrogen-bond donors (Lipinski definition) is 3. The van der Waals surface area contributed by atoms with Crippen LogP contribution in [0.5, 0.6) is 5.75 Å². The number of carbonyl (C=O) groups is 2. The summed E-state index contributed by atoms with van der Waals surface area (Å²) in [5.41, 5.74) is 6.97. The number of hydrogen-bond acceptors (Lipinski definition) is 4. The van der Waals surface area contributed by atoms with E-state index in [1.807, 2.05) is 37.4 Å². The molecule has 20 heavy (non-hydrogen) atoms. The Morgan fingerprint density at radius 2 is 1.95 bits per heavy atom. The molecule has 0 aliphatic heterocycles. The van der Waals surface area contributed by atoms with Crippen molar-refractivity contribution in [1.29, 1.82) is 0 Å². The Morgan fingerprint density at radius 3 is 2.50 bits per heavy atom. The van der Waals surface area contributed by atoms with E-state index in [1.165, 1.54) is 0 Å². The van der Waals surface area contributed by atoms with Gasteiger partial charge in [-0.1, -0.05) is 17.7 Å². The summed E-state index contributed by atoms with van der Waals surface area (Å²) in [6, 6.07) is 4.32. The molecular weight excluding hydrogens is 258 g/mol. The summed E-state index contributed by atoms with van der Waals surface area (Å²) in [5, 5.41) is 5.15. The fourth-order valence-electron chi connectivity index (χ4n) is 1.96. The number of urea groups is 1. The normalized spacial score (nSPS) is 13.4. The molecule has 110 valence electrons. The standard InChI is InChI=1S/C14H21N3O3/c1-8-5-6-12(20-4)11(7-8)9(2)16-10(3)13(18)17-14(15)19/h5-7,9-10,16H,1-4H3,(H3,15,17,18,19)/t9-,10-/m1/s1. The molecule has 0 saturated carbocycles. The SMILES string of the molecule is COc1ccc(C)cc1[C@@H](C)N[C@H](C)C(=O)NC(N)=O. The topological polar surface area (TPSA) is 93.4 Å². The Bertz CT molecular complexity index is 502. The van der Waals surface area contributed by atoms with Gasteiger partial charge in [0, 0.05) is 11.6 Å². The van der Waals surface area contributed by atoms with Gasteiger partial charge in [-0.05, 0) is 26.8 Å². The van der Waals surface area contributed by atoms with Crippen LogP contribution in [-0.2, 0) is 4.79 Å². The van der Waals surface area contributed by atoms with E-state index in [1.54, 1.807) is 14.0 Å². The number of nitrogens with two attached hydrogens (primary N) is 1. The number of methoxy groups -OCH3 is 1. The maximum atomic E-state index is 11.6. The Morgan fingerprint density at radius 1 is 1.30 bits per heavy atom. The molecular formula is C14H21N3O3. The van der Waals surface area contributed by atoms with E-state index in [2.05, 4.69) is 5.32 Å². The molecule has 6 nitrogen and oxygen atoms in total. The fourth-order valence-corrected chi connectivity index (χ4v) is 1.96. The monoisotopic (exact) mass is 279 g/mol. The van der Waals surface area contributed by atoms with Crippen molar-refractivity contribution in [1.82, 2.24) is 10.6 Å². The summed E-state index contributed by atoms with van der Waals surface area (Å²) >= 11 is 0. The smallest absolute Gasteiger partial charge is 0.318 e. The maximum Gasteiger partial charge on any atom is 0.318 e. The minimum atomic E-state index is -0.857. The van der Waals surface area contributed by atoms with Crippen molar-refractivity contribution < 1.29 is 14.3 Å². The van der Waals surface area contributed by atoms with Gasteiger partial charge in [-0.2, -0.15) is 0 Å². The van der Waals surface area contributed by atoms with Gasteiger partial charge < -0.3 is 10.5 Å². The highest BCUT2D eigenvalue weighted by molar-refractivity contribution is 5.96. The van der Waals surface area contributed by atoms with Gasteiger partial charge in [0.2, 0.25) is 5.91 Å². The van der Waals surface area contributed by atoms with E-state index >= 15 is 0 Å². The number of aryl methyl sites for hydroxylation is 1. The predicted molar refractivity (Wildman–Crippen MR) is 76.5 cm³/mol. The van der Waals surface area contributed by atoms with E-state index < -0.39 is 18.0 Å². The van der Waals surface area contributed by atoms with Gasteiger partial charge in [0.1, 0.15) is 5.75 Å². The zero-order valence-electron chi connectivity index (χ0n) is 12.2. The summed E-state index contributed by atoms with van der Waals surface area (Å²) in [7, 11) is 1.60. The first kappa shape index (κ1) is 16.0. The number of rotatable bonds is 5. The Kier molecular flexibility index (Phi) is 5.52. The molecule has 0 radical (unpaired) electrons. The fraction of sp³-hybridized carbons (Fsp3) is 0.429. The second-order valence-electron chi connectivity index (χ2n) is 4.71. The highest BCUT2D eigenvalue weighted by atomic mass is 16.5. The second-order valence-corrected chi connectivity index (χ2v) is 4.71. The summed E-state index contributed by atoms with van der Waals surface area (Å²) in [4.78, 5) is 22.3. The van der Waals surface area contributed by atoms with Crippen LogP contribution < -0.4 is 21.1 Å². The average Bonchev–Trinajstić information content (AvgIpc) is 2.37. The molecule has 1 aromatic carbocycles. The lowest BCUT2D eigenvalue weighted by Gasteiger charge is -2.21. The molecule has 0 heterocycles. The first-order chi connectivity index (χ1) is 9.35. The molecule has 1 aromatic rings. The minimum Gasteiger partial charge on any atom is -0.496 e. The highest BCUT2D eigenvalue weighted by Gasteiger charge is 2.19. The van der Waals surface area contributed by atoms with Gasteiger partial charge in [-0.25, -0.2) is 4.79 Å². The molecule has 0 fully saturated rings. The molecule has 4 N–H and O–H groups in total. The van der Waals surface area contributed by atoms with Crippen LogP contribution in [0.25, 0.3) is 0 Å². The summed E-state index contributed by atoms with van der Waals surface area (Å²) in [5.74, 6) is 0.286. The number of nitrogens with one attached hydrogen (secondary N) is 2. The largest absolute Gasteiger partial charge is 0.496 e. The lowest BCUT2D eigenvalue weighted by atomic mass is 10.0. The van der Waals surface area contributed by atoms with Gasteiger partial charge in [-0.3, -0.25) is 15.4 Å². The molecule has 0 bridgehead atoms. The molecule has 0 aromatic heterocycles. The van der Waals surface area contributed by atoms with Crippen molar-refractivity contribution in [3.63, 3.8) is 0 Å². The molecule has 3 amide bonds. The lowest BCUT2D eigenvalue weighted by molar-refractivity contribution is -0.121. The van der Waals surface area contributed by atoms with Crippen LogP contribution in [-0.4, -0.2) is 25.1 Å². The van der Waals surface area contributed by atoms with Gasteiger partial charge in [0.25, 0.3) is 0 Å². The summed E-state index contributed by atoms with van der Waals surface area (Å²) in [6.45, 7) is 5.57. The van der Waals surface area contributed by atoms with Crippen molar-refractivity contribution in [2.75, 3.05) is 7.11 Å². The first-order valence-electron chi connectivity index (χ1n) is 6.36. The Labute approximate surface area is 118 Å². The number of amides is 3. The van der Waals surface area contributed by atoms with Crippen LogP contribution in [0, 0.1) is 6.92 Å². The zero-order valence-corrected chi connectivity index (χ0v) is 12.2. The molecule has 0 saturated heterocycles. The predicted octanol–water partition coefficient (Wildman–Crippen LogP) is 1.24. The summed E-state index contributed by atoms with van der Waals surface area (Å²) < 4.78 is 5.31. The zero-order chi connectivity index (χ0) is 15.3. The first-order valence-corrected chi connectivity index (χ1v) is 6.36. The van der Waals surface area contributed by atoms with E-state index in [0.29, 0.717) is 0 Å². The van der Waals surface area contributed by atoms with Crippen molar-refractivity contribution in [3.05, 3.63) is 29.3 Å². The van der Waals surface area contributed by atoms with Crippen LogP contribution in [0.4, 0.5) is 4.79 Å². The number of carbonyl (C=O) groups excluding carboxylic acids is 2. The number of ether oxygens (including phenoxy) is 1. The molecule has 0 aliphatic rings. The van der Waals surface area contributed by atoms with E-state index in [-0.39, 0.29) is 6.04 Å². The third-order valence-corrected chi connectivity index (χ3v) is 2.99. The third kappa shape index (κ3) is 4.24. The average molecular weight is 279 g/mol. The third-order valence-electron chi connectivity index (χ3n) is 2.99. The van der Waals surface area contributed by atoms with E-state index in [4.69, 9.17) is 10.5 Å². The molecule has 0 spiro atoms. The van der Waals surface area contributed by atoms with Crippen molar-refractivity contribution in [2.24, 2.45) is 5.73 Å². The Hall–Kier alpha value is -2.08. The Balaban J connectivity index is 2.80. The maximum absolute atomic E-state index is 11.6. The van der Waals surface area contributed by atoms with Crippen LogP contribution in [0.1, 0.15) is 31.0 Å². The minimum absolute atomic E-state index is 0.113. The molecule has 0 unspecified atom stereocenters. The van der Waals surface area contributed by atoms with Gasteiger partial charge in [0.15, 0.2) is 0 Å². The van der Waals surface area contributed by atoms with Crippen LogP contribution in [0.2, 0.25) is 0 Å². The van der Waals surface area contributed by atoms with Gasteiger partial charge in [0.05, 0.1) is 13.2 Å². The van der Waals surface area contributed by atoms with Crippen LogP contribution >= 0.6 is 0 Å². The molecule has 2 atom stereocenters. The van der Waals surface area contributed by atoms with Crippen molar-refractivity contribution in [3.8, 4) is 5.75 Å². The molecule has 0 aliphatic carbocycles. The van der Waals surface area contributed by atoms with Gasteiger partial charge in [-0.15, -0.1) is 0 Å². The summed E-state index contributed by atoms with van der Waals surface area (Å²) in [6.07, 6.45) is 0. The van der Waals surface area contributed by atoms with Crippen molar-refractivity contribution >= 4 is 11.9 Å². The van der Waals surface area contributed by atoms with Gasteiger partial charge >= 0.3 is 6.03 Å². The van der Waals surface area contributed by atoms with Crippen molar-refractivity contribution in [2.45, 2.75) is 32.9 Å². The molecule has 6 heteroatoms.